The molecule has 3 heteroatoms. The van der Waals surface area contributed by atoms with Gasteiger partial charge in [0, 0.05) is 19.0 Å². The third kappa shape index (κ3) is 2.42. The molecular weight excluding hydrogens is 170 g/mol. The first kappa shape index (κ1) is 9.93. The van der Waals surface area contributed by atoms with Crippen molar-refractivity contribution in [1.82, 2.24) is 4.90 Å². The first-order chi connectivity index (χ1) is 5.75. The fraction of sp³-hybridized carbons (Fsp3) is 0.889. The molecule has 1 aliphatic rings. The lowest BCUT2D eigenvalue weighted by molar-refractivity contribution is 0.0672. The van der Waals surface area contributed by atoms with E-state index in [4.69, 9.17) is 17.0 Å². The van der Waals surface area contributed by atoms with Gasteiger partial charge in [0.05, 0.1) is 18.2 Å². The monoisotopic (exact) mass is 187 g/mol. The highest BCUT2D eigenvalue weighted by atomic mass is 32.1. The SMILES string of the molecule is CC[C@@H](C)C(=S)N1CCOCC1. The lowest BCUT2D eigenvalue weighted by Gasteiger charge is -2.31. The van der Waals surface area contributed by atoms with Crippen LogP contribution in [0.25, 0.3) is 0 Å². The van der Waals surface area contributed by atoms with Crippen molar-refractivity contribution in [3.8, 4) is 0 Å². The molecular formula is C9H17NOS. The Labute approximate surface area is 79.9 Å². The number of morpholine rings is 1. The Balaban J connectivity index is 2.39. The zero-order valence-corrected chi connectivity index (χ0v) is 8.69. The van der Waals surface area contributed by atoms with Gasteiger partial charge < -0.3 is 9.64 Å². The Bertz CT molecular complexity index is 155. The van der Waals surface area contributed by atoms with E-state index in [2.05, 4.69) is 18.7 Å². The van der Waals surface area contributed by atoms with Crippen molar-refractivity contribution >= 4 is 17.2 Å². The van der Waals surface area contributed by atoms with E-state index in [9.17, 15) is 0 Å². The molecule has 1 heterocycles. The van der Waals surface area contributed by atoms with Crippen LogP contribution < -0.4 is 0 Å². The molecule has 0 aromatic carbocycles. The van der Waals surface area contributed by atoms with Crippen molar-refractivity contribution < 1.29 is 4.74 Å². The smallest absolute Gasteiger partial charge is 0.0809 e. The highest BCUT2D eigenvalue weighted by Gasteiger charge is 2.16. The molecule has 0 spiro atoms. The van der Waals surface area contributed by atoms with Crippen LogP contribution in [0.15, 0.2) is 0 Å². The first-order valence-corrected chi connectivity index (χ1v) is 5.03. The van der Waals surface area contributed by atoms with Crippen molar-refractivity contribution in [3.63, 3.8) is 0 Å². The Hall–Kier alpha value is -0.150. The number of hydrogen-bond acceptors (Lipinski definition) is 2. The summed E-state index contributed by atoms with van der Waals surface area (Å²) in [4.78, 5) is 3.38. The van der Waals surface area contributed by atoms with E-state index in [0.717, 1.165) is 37.7 Å². The molecule has 0 bridgehead atoms. The van der Waals surface area contributed by atoms with E-state index in [1.807, 2.05) is 0 Å². The normalized spacial score (nSPS) is 20.7. The highest BCUT2D eigenvalue weighted by Crippen LogP contribution is 2.10. The van der Waals surface area contributed by atoms with Crippen molar-refractivity contribution in [1.29, 1.82) is 0 Å². The molecule has 0 radical (unpaired) electrons. The molecule has 0 saturated carbocycles. The van der Waals surface area contributed by atoms with Crippen LogP contribution in [-0.2, 0) is 4.74 Å². The minimum atomic E-state index is 0.540. The summed E-state index contributed by atoms with van der Waals surface area (Å²) < 4.78 is 5.26. The number of ether oxygens (including phenoxy) is 1. The summed E-state index contributed by atoms with van der Waals surface area (Å²) >= 11 is 5.37. The van der Waals surface area contributed by atoms with Crippen molar-refractivity contribution in [3.05, 3.63) is 0 Å². The van der Waals surface area contributed by atoms with Crippen LogP contribution in [0.3, 0.4) is 0 Å². The van der Waals surface area contributed by atoms with Crippen LogP contribution in [0, 0.1) is 5.92 Å². The van der Waals surface area contributed by atoms with Gasteiger partial charge in [0.15, 0.2) is 0 Å². The highest BCUT2D eigenvalue weighted by molar-refractivity contribution is 7.80. The molecule has 12 heavy (non-hydrogen) atoms. The third-order valence-electron chi connectivity index (χ3n) is 2.36. The van der Waals surface area contributed by atoms with Crippen molar-refractivity contribution in [2.45, 2.75) is 20.3 Å². The summed E-state index contributed by atoms with van der Waals surface area (Å²) in [7, 11) is 0. The van der Waals surface area contributed by atoms with E-state index in [0.29, 0.717) is 5.92 Å². The molecule has 0 aliphatic carbocycles. The van der Waals surface area contributed by atoms with E-state index in [1.165, 1.54) is 0 Å². The summed E-state index contributed by atoms with van der Waals surface area (Å²) in [6, 6.07) is 0. The standard InChI is InChI=1S/C9H17NOS/c1-3-8(2)9(12)10-4-6-11-7-5-10/h8H,3-7H2,1-2H3/t8-/m1/s1. The zero-order chi connectivity index (χ0) is 8.97. The number of hydrogen-bond donors (Lipinski definition) is 0. The summed E-state index contributed by atoms with van der Waals surface area (Å²) in [5.74, 6) is 0.540. The molecule has 1 aliphatic heterocycles. The van der Waals surface area contributed by atoms with Gasteiger partial charge in [0.2, 0.25) is 0 Å². The van der Waals surface area contributed by atoms with Gasteiger partial charge in [0.1, 0.15) is 0 Å². The van der Waals surface area contributed by atoms with Crippen molar-refractivity contribution in [2.24, 2.45) is 5.92 Å². The molecule has 0 N–H and O–H groups in total. The van der Waals surface area contributed by atoms with E-state index >= 15 is 0 Å². The fourth-order valence-corrected chi connectivity index (χ4v) is 1.62. The summed E-state index contributed by atoms with van der Waals surface area (Å²) in [5, 5.41) is 0. The van der Waals surface area contributed by atoms with E-state index in [-0.39, 0.29) is 0 Å². The van der Waals surface area contributed by atoms with Gasteiger partial charge in [-0.05, 0) is 6.42 Å². The second-order valence-corrected chi connectivity index (χ2v) is 3.67. The first-order valence-electron chi connectivity index (χ1n) is 4.62. The molecule has 1 rings (SSSR count). The second kappa shape index (κ2) is 4.77. The minimum absolute atomic E-state index is 0.540. The Morgan fingerprint density at radius 2 is 2.08 bits per heavy atom. The van der Waals surface area contributed by atoms with Gasteiger partial charge in [-0.3, -0.25) is 0 Å². The summed E-state index contributed by atoms with van der Waals surface area (Å²) in [5.41, 5.74) is 0. The quantitative estimate of drug-likeness (QED) is 0.610. The fourth-order valence-electron chi connectivity index (χ4n) is 1.27. The van der Waals surface area contributed by atoms with Gasteiger partial charge in [0.25, 0.3) is 0 Å². The molecule has 2 nitrogen and oxygen atoms in total. The van der Waals surface area contributed by atoms with Crippen LogP contribution in [0.5, 0.6) is 0 Å². The molecule has 0 unspecified atom stereocenters. The molecule has 1 saturated heterocycles. The Morgan fingerprint density at radius 1 is 1.50 bits per heavy atom. The van der Waals surface area contributed by atoms with Gasteiger partial charge in [-0.25, -0.2) is 0 Å². The van der Waals surface area contributed by atoms with Crippen LogP contribution in [-0.4, -0.2) is 36.2 Å². The minimum Gasteiger partial charge on any atom is -0.378 e. The molecule has 0 amide bonds. The molecule has 0 aromatic heterocycles. The lowest BCUT2D eigenvalue weighted by Crippen LogP contribution is -2.42. The maximum absolute atomic E-state index is 5.37. The van der Waals surface area contributed by atoms with Gasteiger partial charge >= 0.3 is 0 Å². The maximum Gasteiger partial charge on any atom is 0.0809 e. The summed E-state index contributed by atoms with van der Waals surface area (Å²) in [6.07, 6.45) is 1.14. The predicted molar refractivity (Wildman–Crippen MR) is 54.4 cm³/mol. The van der Waals surface area contributed by atoms with E-state index in [1.54, 1.807) is 0 Å². The van der Waals surface area contributed by atoms with E-state index < -0.39 is 0 Å². The molecule has 1 fully saturated rings. The Morgan fingerprint density at radius 3 is 2.58 bits per heavy atom. The van der Waals surface area contributed by atoms with Crippen molar-refractivity contribution in [2.75, 3.05) is 26.3 Å². The topological polar surface area (TPSA) is 12.5 Å². The maximum atomic E-state index is 5.37. The molecule has 0 aromatic rings. The number of nitrogens with zero attached hydrogens (tertiary/aromatic N) is 1. The Kier molecular flexibility index (Phi) is 3.95. The van der Waals surface area contributed by atoms with Gasteiger partial charge in [-0.2, -0.15) is 0 Å². The average molecular weight is 187 g/mol. The largest absolute Gasteiger partial charge is 0.378 e. The number of rotatable bonds is 2. The van der Waals surface area contributed by atoms with Crippen LogP contribution in [0.4, 0.5) is 0 Å². The zero-order valence-electron chi connectivity index (χ0n) is 7.88. The second-order valence-electron chi connectivity index (χ2n) is 3.25. The third-order valence-corrected chi connectivity index (χ3v) is 3.02. The van der Waals surface area contributed by atoms with Crippen LogP contribution in [0.2, 0.25) is 0 Å². The van der Waals surface area contributed by atoms with Gasteiger partial charge in [-0.1, -0.05) is 26.1 Å². The van der Waals surface area contributed by atoms with Crippen LogP contribution >= 0.6 is 12.2 Å². The molecule has 1 atom stereocenters. The predicted octanol–water partition coefficient (Wildman–Crippen LogP) is 1.69. The van der Waals surface area contributed by atoms with Gasteiger partial charge in [-0.15, -0.1) is 0 Å². The lowest BCUT2D eigenvalue weighted by atomic mass is 10.1. The summed E-state index contributed by atoms with van der Waals surface area (Å²) in [6.45, 7) is 7.98. The average Bonchev–Trinajstić information content (AvgIpc) is 2.17. The van der Waals surface area contributed by atoms with Crippen LogP contribution in [0.1, 0.15) is 20.3 Å². The molecule has 70 valence electrons. The number of thiocarbonyl (C=S) groups is 1.